The fraction of sp³-hybridized carbons (Fsp3) is 0.500. The maximum Gasteiger partial charge on any atom is 0.408 e. The smallest absolute Gasteiger partial charge is 0.408 e. The summed E-state index contributed by atoms with van der Waals surface area (Å²) in [4.78, 5) is 36.4. The molecule has 4 aromatic rings. The molecular formula is C38H50ClFN8O7S. The van der Waals surface area contributed by atoms with Crippen LogP contribution in [0.4, 0.5) is 20.7 Å². The number of esters is 1. The number of ether oxygens (including phenoxy) is 3. The highest BCUT2D eigenvalue weighted by Crippen LogP contribution is 2.33. The molecular weight excluding hydrogens is 767 g/mol. The van der Waals surface area contributed by atoms with Crippen molar-refractivity contribution in [2.75, 3.05) is 49.9 Å². The number of amides is 1. The molecule has 15 nitrogen and oxygen atoms in total. The Balaban J connectivity index is 1.29. The molecule has 0 spiro atoms. The molecule has 3 N–H and O–H groups in total. The minimum Gasteiger partial charge on any atom is -0.463 e. The predicted molar refractivity (Wildman–Crippen MR) is 211 cm³/mol. The Kier molecular flexibility index (Phi) is 13.8. The van der Waals surface area contributed by atoms with Gasteiger partial charge in [0.1, 0.15) is 34.8 Å². The third-order valence-electron chi connectivity index (χ3n) is 8.83. The summed E-state index contributed by atoms with van der Waals surface area (Å²) in [7, 11) is -2.37. The molecule has 5 rings (SSSR count). The van der Waals surface area contributed by atoms with Crippen LogP contribution in [0.5, 0.6) is 0 Å². The fourth-order valence-corrected chi connectivity index (χ4v) is 7.36. The zero-order chi connectivity index (χ0) is 40.8. The van der Waals surface area contributed by atoms with Gasteiger partial charge in [-0.15, -0.1) is 0 Å². The van der Waals surface area contributed by atoms with Crippen LogP contribution in [0.3, 0.4) is 0 Å². The highest BCUT2D eigenvalue weighted by Gasteiger charge is 2.29. The van der Waals surface area contributed by atoms with Crippen molar-refractivity contribution in [2.45, 2.75) is 83.6 Å². The number of anilines is 2. The molecule has 18 heteroatoms. The highest BCUT2D eigenvalue weighted by atomic mass is 35.5. The number of aryl methyl sites for hydroxylation is 1. The molecule has 0 bridgehead atoms. The zero-order valence-electron chi connectivity index (χ0n) is 32.7. The molecule has 2 aromatic heterocycles. The van der Waals surface area contributed by atoms with Gasteiger partial charge >= 0.3 is 12.1 Å². The SMILES string of the molecule is Cc1nn([C@@H]2CCCCO2)c2nc(-c3ccc(NS(=O)(=O)c4cc(Cl)ccc4F)cc3)nc(NCCN(C)CCOC(=O)C(NC(=O)OC(C)(C)C)C(C)C)c12. The number of hydrogen-bond acceptors (Lipinski definition) is 12. The summed E-state index contributed by atoms with van der Waals surface area (Å²) in [5.74, 6) is -0.748. The minimum atomic E-state index is -4.26. The average Bonchev–Trinajstić information content (AvgIpc) is 3.47. The lowest BCUT2D eigenvalue weighted by Gasteiger charge is -2.25. The lowest BCUT2D eigenvalue weighted by atomic mass is 10.1. The van der Waals surface area contributed by atoms with Crippen LogP contribution < -0.4 is 15.4 Å². The summed E-state index contributed by atoms with van der Waals surface area (Å²) < 4.78 is 61.4. The number of nitrogens with one attached hydrogen (secondary N) is 3. The third kappa shape index (κ3) is 11.0. The van der Waals surface area contributed by atoms with Gasteiger partial charge < -0.3 is 29.7 Å². The molecule has 1 aliphatic heterocycles. The third-order valence-corrected chi connectivity index (χ3v) is 10.5. The molecule has 56 heavy (non-hydrogen) atoms. The van der Waals surface area contributed by atoms with Crippen LogP contribution in [0.1, 0.15) is 65.8 Å². The van der Waals surface area contributed by atoms with Crippen molar-refractivity contribution in [2.24, 2.45) is 5.92 Å². The van der Waals surface area contributed by atoms with E-state index in [2.05, 4.69) is 15.4 Å². The molecule has 1 saturated heterocycles. The standard InChI is InChI=1S/C38H50ClFN8O7S/c1-23(2)32(42-37(50)55-38(4,5)6)36(49)54-21-19-47(7)18-17-41-34-31-24(3)45-48(30-10-8-9-20-53-30)35(31)44-33(43-34)25-11-14-27(15-12-25)46-56(51,52)29-22-26(39)13-16-28(29)40/h11-16,22-23,30,32,46H,8-10,17-21H2,1-7H3,(H,42,50)(H,41,43,44)/t30-,32?/m0/s1. The van der Waals surface area contributed by atoms with Gasteiger partial charge in [0, 0.05) is 42.5 Å². The van der Waals surface area contributed by atoms with Crippen molar-refractivity contribution in [1.29, 1.82) is 0 Å². The number of nitrogens with zero attached hydrogens (tertiary/aromatic N) is 5. The van der Waals surface area contributed by atoms with Crippen molar-refractivity contribution < 1.29 is 36.6 Å². The van der Waals surface area contributed by atoms with Crippen LogP contribution in [0.25, 0.3) is 22.4 Å². The maximum absolute atomic E-state index is 14.4. The molecule has 1 fully saturated rings. The second kappa shape index (κ2) is 18.1. The summed E-state index contributed by atoms with van der Waals surface area (Å²) in [6.07, 6.45) is 1.77. The Morgan fingerprint density at radius 1 is 1.11 bits per heavy atom. The van der Waals surface area contributed by atoms with E-state index < -0.39 is 44.4 Å². The van der Waals surface area contributed by atoms with Gasteiger partial charge in [0.2, 0.25) is 0 Å². The van der Waals surface area contributed by atoms with Crippen LogP contribution in [0, 0.1) is 18.7 Å². The number of carbonyl (C=O) groups is 2. The van der Waals surface area contributed by atoms with Gasteiger partial charge in [0.15, 0.2) is 17.7 Å². The molecule has 0 saturated carbocycles. The molecule has 1 aliphatic rings. The first-order valence-electron chi connectivity index (χ1n) is 18.5. The van der Waals surface area contributed by atoms with E-state index in [1.165, 1.54) is 6.07 Å². The second-order valence-electron chi connectivity index (χ2n) is 15.0. The van der Waals surface area contributed by atoms with Crippen LogP contribution in [0.2, 0.25) is 5.02 Å². The molecule has 1 unspecified atom stereocenters. The lowest BCUT2D eigenvalue weighted by Crippen LogP contribution is -2.47. The zero-order valence-corrected chi connectivity index (χ0v) is 34.3. The quantitative estimate of drug-likeness (QED) is 0.111. The maximum atomic E-state index is 14.4. The molecule has 0 radical (unpaired) electrons. The van der Waals surface area contributed by atoms with Crippen molar-refractivity contribution in [3.8, 4) is 11.4 Å². The lowest BCUT2D eigenvalue weighted by molar-refractivity contribution is -0.147. The van der Waals surface area contributed by atoms with E-state index in [4.69, 9.17) is 40.9 Å². The summed E-state index contributed by atoms with van der Waals surface area (Å²) in [6.45, 7) is 13.0. The minimum absolute atomic E-state index is 0.0886. The Morgan fingerprint density at radius 2 is 1.84 bits per heavy atom. The predicted octanol–water partition coefficient (Wildman–Crippen LogP) is 6.53. The van der Waals surface area contributed by atoms with Gasteiger partial charge in [-0.1, -0.05) is 25.4 Å². The first-order chi connectivity index (χ1) is 26.4. The summed E-state index contributed by atoms with van der Waals surface area (Å²) in [6, 6.07) is 8.90. The summed E-state index contributed by atoms with van der Waals surface area (Å²) >= 11 is 5.93. The number of halogens is 2. The number of hydrogen-bond donors (Lipinski definition) is 3. The van der Waals surface area contributed by atoms with Gasteiger partial charge in [-0.05, 0) is 102 Å². The van der Waals surface area contributed by atoms with Gasteiger partial charge in [-0.25, -0.2) is 37.0 Å². The van der Waals surface area contributed by atoms with Gasteiger partial charge in [0.05, 0.1) is 11.1 Å². The second-order valence-corrected chi connectivity index (χ2v) is 17.1. The van der Waals surface area contributed by atoms with Crippen LogP contribution in [-0.4, -0.2) is 96.7 Å². The number of fused-ring (bicyclic) bond motifs is 1. The largest absolute Gasteiger partial charge is 0.463 e. The average molecular weight is 817 g/mol. The Hall–Kier alpha value is -4.58. The molecule has 1 amide bonds. The Bertz CT molecular complexity index is 2120. The first kappa shape index (κ1) is 42.6. The number of likely N-dealkylation sites (N-methyl/N-ethyl adjacent to an activating group) is 1. The van der Waals surface area contributed by atoms with Crippen LogP contribution in [0.15, 0.2) is 47.4 Å². The highest BCUT2D eigenvalue weighted by molar-refractivity contribution is 7.92. The van der Waals surface area contributed by atoms with E-state index in [9.17, 15) is 22.4 Å². The Morgan fingerprint density at radius 3 is 2.50 bits per heavy atom. The topological polar surface area (TPSA) is 179 Å². The fourth-order valence-electron chi connectivity index (χ4n) is 5.96. The summed E-state index contributed by atoms with van der Waals surface area (Å²) in [5.41, 5.74) is 1.41. The number of carbonyl (C=O) groups excluding carboxylic acids is 2. The monoisotopic (exact) mass is 816 g/mol. The number of rotatable bonds is 15. The Labute approximate surface area is 331 Å². The van der Waals surface area contributed by atoms with Crippen molar-refractivity contribution in [1.82, 2.24) is 30.0 Å². The molecule has 2 aromatic carbocycles. The van der Waals surface area contributed by atoms with Gasteiger partial charge in [-0.2, -0.15) is 5.10 Å². The first-order valence-corrected chi connectivity index (χ1v) is 20.3. The molecule has 2 atom stereocenters. The molecule has 304 valence electrons. The van der Waals surface area contributed by atoms with Crippen LogP contribution >= 0.6 is 11.6 Å². The number of benzene rings is 2. The van der Waals surface area contributed by atoms with Crippen molar-refractivity contribution in [3.05, 3.63) is 59.0 Å². The van der Waals surface area contributed by atoms with Gasteiger partial charge in [-0.3, -0.25) is 4.72 Å². The van der Waals surface area contributed by atoms with E-state index >= 15 is 0 Å². The number of alkyl carbamates (subject to hydrolysis) is 1. The van der Waals surface area contributed by atoms with Crippen LogP contribution in [-0.2, 0) is 29.0 Å². The van der Waals surface area contributed by atoms with E-state index in [-0.39, 0.29) is 29.5 Å². The molecule has 0 aliphatic carbocycles. The molecule has 3 heterocycles. The van der Waals surface area contributed by atoms with E-state index in [1.54, 1.807) is 49.7 Å². The van der Waals surface area contributed by atoms with Gasteiger partial charge in [0.25, 0.3) is 10.0 Å². The number of sulfonamides is 1. The van der Waals surface area contributed by atoms with Crippen molar-refractivity contribution >= 4 is 56.2 Å². The van der Waals surface area contributed by atoms with E-state index in [0.29, 0.717) is 49.1 Å². The normalized spacial score (nSPS) is 15.5. The van der Waals surface area contributed by atoms with E-state index in [1.807, 2.05) is 32.7 Å². The van der Waals surface area contributed by atoms with E-state index in [0.717, 1.165) is 42.5 Å². The summed E-state index contributed by atoms with van der Waals surface area (Å²) in [5, 5.41) is 11.7. The van der Waals surface area contributed by atoms with Crippen molar-refractivity contribution in [3.63, 3.8) is 0 Å². The number of aromatic nitrogens is 4.